The topological polar surface area (TPSA) is 29.1 Å². The molecular formula is C12H21NO. The first-order valence-electron chi connectivity index (χ1n) is 5.75. The van der Waals surface area contributed by atoms with Crippen LogP contribution >= 0.6 is 0 Å². The molecule has 1 N–H and O–H groups in total. The number of amides is 1. The molecule has 1 aliphatic carbocycles. The van der Waals surface area contributed by atoms with E-state index < -0.39 is 0 Å². The van der Waals surface area contributed by atoms with E-state index >= 15 is 0 Å². The Morgan fingerprint density at radius 3 is 2.21 bits per heavy atom. The highest BCUT2D eigenvalue weighted by Gasteiger charge is 2.49. The molecule has 1 amide bonds. The van der Waals surface area contributed by atoms with Crippen LogP contribution in [0.5, 0.6) is 0 Å². The number of hydrogen-bond acceptors (Lipinski definition) is 1. The van der Waals surface area contributed by atoms with Crippen molar-refractivity contribution in [1.82, 2.24) is 5.32 Å². The molecule has 2 aliphatic rings. The normalized spacial score (nSPS) is 34.5. The predicted octanol–water partition coefficient (Wildman–Crippen LogP) is 2.48. The zero-order valence-corrected chi connectivity index (χ0v) is 9.52. The summed E-state index contributed by atoms with van der Waals surface area (Å²) in [5.41, 5.74) is 0.416. The second kappa shape index (κ2) is 2.98. The molecule has 0 radical (unpaired) electrons. The van der Waals surface area contributed by atoms with Crippen LogP contribution in [0.25, 0.3) is 0 Å². The van der Waals surface area contributed by atoms with Crippen molar-refractivity contribution >= 4 is 5.91 Å². The molecule has 1 aliphatic heterocycles. The quantitative estimate of drug-likeness (QED) is 0.684. The Kier molecular flexibility index (Phi) is 2.13. The fraction of sp³-hybridized carbons (Fsp3) is 0.917. The minimum Gasteiger partial charge on any atom is -0.351 e. The molecule has 0 aromatic carbocycles. The van der Waals surface area contributed by atoms with Crippen molar-refractivity contribution in [3.05, 3.63) is 0 Å². The summed E-state index contributed by atoms with van der Waals surface area (Å²) in [6, 6.07) is 0. The van der Waals surface area contributed by atoms with Crippen molar-refractivity contribution in [2.24, 2.45) is 11.3 Å². The fourth-order valence-electron chi connectivity index (χ4n) is 3.59. The van der Waals surface area contributed by atoms with E-state index in [1.165, 1.54) is 25.7 Å². The molecule has 2 nitrogen and oxygen atoms in total. The van der Waals surface area contributed by atoms with Crippen molar-refractivity contribution < 1.29 is 4.79 Å². The van der Waals surface area contributed by atoms with E-state index in [2.05, 4.69) is 26.1 Å². The lowest BCUT2D eigenvalue weighted by Gasteiger charge is -2.39. The Labute approximate surface area is 86.5 Å². The standard InChI is InChI=1S/C12H21NO/c1-11(2)9(8-10(14)13-11)12(3)6-4-5-7-12/h9H,4-8H2,1-3H3,(H,13,14). The van der Waals surface area contributed by atoms with Crippen LogP contribution in [0.1, 0.15) is 52.9 Å². The summed E-state index contributed by atoms with van der Waals surface area (Å²) >= 11 is 0. The lowest BCUT2D eigenvalue weighted by atomic mass is 9.67. The average molecular weight is 195 g/mol. The summed E-state index contributed by atoms with van der Waals surface area (Å²) in [6.45, 7) is 6.71. The summed E-state index contributed by atoms with van der Waals surface area (Å²) in [5.74, 6) is 0.776. The zero-order valence-electron chi connectivity index (χ0n) is 9.52. The first kappa shape index (κ1) is 10.0. The van der Waals surface area contributed by atoms with Crippen LogP contribution in [0.4, 0.5) is 0 Å². The number of carbonyl (C=O) groups excluding carboxylic acids is 1. The molecule has 1 saturated heterocycles. The van der Waals surface area contributed by atoms with Gasteiger partial charge in [-0.2, -0.15) is 0 Å². The summed E-state index contributed by atoms with van der Waals surface area (Å²) in [7, 11) is 0. The number of carbonyl (C=O) groups is 1. The lowest BCUT2D eigenvalue weighted by molar-refractivity contribution is -0.119. The summed E-state index contributed by atoms with van der Waals surface area (Å²) < 4.78 is 0. The van der Waals surface area contributed by atoms with Gasteiger partial charge in [0.15, 0.2) is 0 Å². The van der Waals surface area contributed by atoms with Gasteiger partial charge in [0.25, 0.3) is 0 Å². The third kappa shape index (κ3) is 1.45. The predicted molar refractivity (Wildman–Crippen MR) is 56.9 cm³/mol. The maximum Gasteiger partial charge on any atom is 0.220 e. The van der Waals surface area contributed by atoms with Crippen molar-refractivity contribution in [2.45, 2.75) is 58.4 Å². The van der Waals surface area contributed by atoms with Crippen LogP contribution in [0.2, 0.25) is 0 Å². The highest BCUT2D eigenvalue weighted by atomic mass is 16.2. The van der Waals surface area contributed by atoms with Crippen LogP contribution in [0.3, 0.4) is 0 Å². The molecule has 0 bridgehead atoms. The number of rotatable bonds is 1. The van der Waals surface area contributed by atoms with Crippen LogP contribution in [0, 0.1) is 11.3 Å². The summed E-state index contributed by atoms with van der Waals surface area (Å²) in [4.78, 5) is 11.5. The van der Waals surface area contributed by atoms with Crippen molar-refractivity contribution in [3.8, 4) is 0 Å². The molecular weight excluding hydrogens is 174 g/mol. The van der Waals surface area contributed by atoms with E-state index in [-0.39, 0.29) is 11.4 Å². The molecule has 1 heterocycles. The Hall–Kier alpha value is -0.530. The van der Waals surface area contributed by atoms with Gasteiger partial charge in [0.1, 0.15) is 0 Å². The van der Waals surface area contributed by atoms with Gasteiger partial charge in [-0.05, 0) is 38.0 Å². The first-order valence-corrected chi connectivity index (χ1v) is 5.75. The van der Waals surface area contributed by atoms with E-state index in [4.69, 9.17) is 0 Å². The van der Waals surface area contributed by atoms with E-state index in [1.54, 1.807) is 0 Å². The zero-order chi connectivity index (χ0) is 10.4. The highest BCUT2D eigenvalue weighted by Crippen LogP contribution is 2.50. The van der Waals surface area contributed by atoms with Gasteiger partial charge >= 0.3 is 0 Å². The third-order valence-corrected chi connectivity index (χ3v) is 4.31. The van der Waals surface area contributed by atoms with Crippen LogP contribution in [-0.2, 0) is 4.79 Å². The minimum atomic E-state index is 0.0101. The molecule has 1 atom stereocenters. The van der Waals surface area contributed by atoms with Crippen LogP contribution in [0.15, 0.2) is 0 Å². The fourth-order valence-corrected chi connectivity index (χ4v) is 3.59. The second-order valence-electron chi connectivity index (χ2n) is 5.89. The maximum absolute atomic E-state index is 11.5. The average Bonchev–Trinajstić information content (AvgIpc) is 2.56. The Bertz CT molecular complexity index is 251. The lowest BCUT2D eigenvalue weighted by Crippen LogP contribution is -2.45. The molecule has 2 fully saturated rings. The van der Waals surface area contributed by atoms with Gasteiger partial charge in [0, 0.05) is 12.0 Å². The van der Waals surface area contributed by atoms with Crippen molar-refractivity contribution in [1.29, 1.82) is 0 Å². The summed E-state index contributed by atoms with van der Waals surface area (Å²) in [6.07, 6.45) is 6.03. The smallest absolute Gasteiger partial charge is 0.220 e. The minimum absolute atomic E-state index is 0.0101. The first-order chi connectivity index (χ1) is 6.44. The molecule has 1 saturated carbocycles. The summed E-state index contributed by atoms with van der Waals surface area (Å²) in [5, 5.41) is 3.11. The van der Waals surface area contributed by atoms with E-state index in [0.717, 1.165) is 6.42 Å². The molecule has 2 rings (SSSR count). The van der Waals surface area contributed by atoms with Crippen LogP contribution < -0.4 is 5.32 Å². The molecule has 80 valence electrons. The van der Waals surface area contributed by atoms with Gasteiger partial charge < -0.3 is 5.32 Å². The SMILES string of the molecule is CC1(C2CC(=O)NC2(C)C)CCCC1. The van der Waals surface area contributed by atoms with E-state index in [9.17, 15) is 4.79 Å². The largest absolute Gasteiger partial charge is 0.351 e. The molecule has 0 spiro atoms. The highest BCUT2D eigenvalue weighted by molar-refractivity contribution is 5.80. The molecule has 0 aromatic rings. The number of hydrogen-bond donors (Lipinski definition) is 1. The Morgan fingerprint density at radius 1 is 1.21 bits per heavy atom. The van der Waals surface area contributed by atoms with Gasteiger partial charge in [-0.25, -0.2) is 0 Å². The molecule has 1 unspecified atom stereocenters. The van der Waals surface area contributed by atoms with E-state index in [0.29, 0.717) is 11.3 Å². The molecule has 14 heavy (non-hydrogen) atoms. The Balaban J connectivity index is 2.21. The van der Waals surface area contributed by atoms with Gasteiger partial charge in [-0.1, -0.05) is 19.8 Å². The van der Waals surface area contributed by atoms with Gasteiger partial charge in [-0.15, -0.1) is 0 Å². The molecule has 0 aromatic heterocycles. The van der Waals surface area contributed by atoms with Crippen molar-refractivity contribution in [3.63, 3.8) is 0 Å². The van der Waals surface area contributed by atoms with Gasteiger partial charge in [0.2, 0.25) is 5.91 Å². The Morgan fingerprint density at radius 2 is 1.79 bits per heavy atom. The molecule has 2 heteroatoms. The third-order valence-electron chi connectivity index (χ3n) is 4.31. The van der Waals surface area contributed by atoms with Gasteiger partial charge in [0.05, 0.1) is 0 Å². The van der Waals surface area contributed by atoms with Crippen molar-refractivity contribution in [2.75, 3.05) is 0 Å². The van der Waals surface area contributed by atoms with E-state index in [1.807, 2.05) is 0 Å². The number of nitrogens with one attached hydrogen (secondary N) is 1. The second-order valence-corrected chi connectivity index (χ2v) is 5.89. The monoisotopic (exact) mass is 195 g/mol. The van der Waals surface area contributed by atoms with Crippen LogP contribution in [-0.4, -0.2) is 11.4 Å². The maximum atomic E-state index is 11.5. The van der Waals surface area contributed by atoms with Gasteiger partial charge in [-0.3, -0.25) is 4.79 Å².